The summed E-state index contributed by atoms with van der Waals surface area (Å²) in [4.78, 5) is 30.1. The van der Waals surface area contributed by atoms with Crippen LogP contribution in [0.15, 0.2) is 18.5 Å². The number of nitrogens with zero attached hydrogens (tertiary/aromatic N) is 4. The number of hydrogen-bond acceptors (Lipinski definition) is 4. The van der Waals surface area contributed by atoms with Crippen LogP contribution >= 0.6 is 0 Å². The van der Waals surface area contributed by atoms with Crippen LogP contribution < -0.4 is 0 Å². The van der Waals surface area contributed by atoms with Crippen molar-refractivity contribution in [3.05, 3.63) is 24.0 Å². The van der Waals surface area contributed by atoms with Crippen LogP contribution in [0.25, 0.3) is 11.0 Å². The molecular weight excluding hydrogens is 320 g/mol. The molecule has 1 amide bonds. The molecule has 3 rings (SSSR count). The van der Waals surface area contributed by atoms with E-state index in [1.165, 1.54) is 0 Å². The largest absolute Gasteiger partial charge is 0.481 e. The van der Waals surface area contributed by atoms with Crippen LogP contribution in [0.3, 0.4) is 0 Å². The number of fused-ring (bicyclic) bond motifs is 1. The molecular formula is C18H24N4O3. The lowest BCUT2D eigenvalue weighted by atomic mass is 9.97. The molecule has 1 N–H and O–H groups in total. The topological polar surface area (TPSA) is 88.3 Å². The molecule has 0 radical (unpaired) electrons. The van der Waals surface area contributed by atoms with Crippen LogP contribution in [0.5, 0.6) is 0 Å². The van der Waals surface area contributed by atoms with Gasteiger partial charge in [0.15, 0.2) is 5.65 Å². The summed E-state index contributed by atoms with van der Waals surface area (Å²) in [6, 6.07) is 2.03. The summed E-state index contributed by atoms with van der Waals surface area (Å²) in [7, 11) is 0. The second-order valence-corrected chi connectivity index (χ2v) is 6.90. The van der Waals surface area contributed by atoms with Crippen LogP contribution in [-0.2, 0) is 4.79 Å². The van der Waals surface area contributed by atoms with E-state index in [4.69, 9.17) is 5.11 Å². The van der Waals surface area contributed by atoms with Gasteiger partial charge in [0.25, 0.3) is 5.91 Å². The summed E-state index contributed by atoms with van der Waals surface area (Å²) in [5.41, 5.74) is 1.31. The van der Waals surface area contributed by atoms with E-state index in [-0.39, 0.29) is 24.4 Å². The highest BCUT2D eigenvalue weighted by atomic mass is 16.4. The van der Waals surface area contributed by atoms with Gasteiger partial charge in [0.1, 0.15) is 0 Å². The molecule has 7 nitrogen and oxygen atoms in total. The number of piperidine rings is 1. The van der Waals surface area contributed by atoms with Crippen LogP contribution in [0.1, 0.15) is 62.4 Å². The average molecular weight is 344 g/mol. The molecule has 134 valence electrons. The Morgan fingerprint density at radius 1 is 1.32 bits per heavy atom. The molecule has 1 fully saturated rings. The summed E-state index contributed by atoms with van der Waals surface area (Å²) < 4.78 is 1.83. The maximum absolute atomic E-state index is 13.0. The Labute approximate surface area is 146 Å². The van der Waals surface area contributed by atoms with E-state index in [9.17, 15) is 9.59 Å². The first-order chi connectivity index (χ1) is 12.0. The highest BCUT2D eigenvalue weighted by Crippen LogP contribution is 2.24. The SMILES string of the molecule is CC(C)n1ncc2cc(C(=O)N3CCCCC3CCC(=O)O)cnc21. The Kier molecular flexibility index (Phi) is 5.01. The fourth-order valence-electron chi connectivity index (χ4n) is 3.46. The van der Waals surface area contributed by atoms with Crippen molar-refractivity contribution in [1.82, 2.24) is 19.7 Å². The van der Waals surface area contributed by atoms with Crippen molar-refractivity contribution in [2.45, 2.75) is 58.0 Å². The second-order valence-electron chi connectivity index (χ2n) is 6.90. The molecule has 1 aliphatic heterocycles. The van der Waals surface area contributed by atoms with Gasteiger partial charge in [-0.1, -0.05) is 0 Å². The number of carboxylic acids is 1. The predicted molar refractivity (Wildman–Crippen MR) is 93.5 cm³/mol. The molecule has 1 unspecified atom stereocenters. The molecule has 2 aromatic rings. The monoisotopic (exact) mass is 344 g/mol. The summed E-state index contributed by atoms with van der Waals surface area (Å²) in [6.45, 7) is 4.74. The van der Waals surface area contributed by atoms with Crippen molar-refractivity contribution in [2.24, 2.45) is 0 Å². The quantitative estimate of drug-likeness (QED) is 0.901. The zero-order valence-corrected chi connectivity index (χ0v) is 14.7. The Bertz CT molecular complexity index is 784. The number of likely N-dealkylation sites (tertiary alicyclic amines) is 1. The van der Waals surface area contributed by atoms with Crippen LogP contribution in [0.2, 0.25) is 0 Å². The third-order valence-corrected chi connectivity index (χ3v) is 4.75. The van der Waals surface area contributed by atoms with E-state index in [1.807, 2.05) is 29.5 Å². The molecule has 0 aromatic carbocycles. The minimum Gasteiger partial charge on any atom is -0.481 e. The minimum absolute atomic E-state index is 0.00793. The van der Waals surface area contributed by atoms with E-state index in [0.29, 0.717) is 18.5 Å². The van der Waals surface area contributed by atoms with Crippen molar-refractivity contribution in [3.8, 4) is 0 Å². The van der Waals surface area contributed by atoms with Crippen molar-refractivity contribution < 1.29 is 14.7 Å². The Balaban J connectivity index is 1.83. The summed E-state index contributed by atoms with van der Waals surface area (Å²) >= 11 is 0. The van der Waals surface area contributed by atoms with Gasteiger partial charge in [-0.3, -0.25) is 9.59 Å². The van der Waals surface area contributed by atoms with Gasteiger partial charge in [-0.2, -0.15) is 5.10 Å². The molecule has 1 atom stereocenters. The fourth-order valence-corrected chi connectivity index (χ4v) is 3.46. The number of carbonyl (C=O) groups is 2. The van der Waals surface area contributed by atoms with Crippen LogP contribution in [-0.4, -0.2) is 49.2 Å². The van der Waals surface area contributed by atoms with E-state index in [1.54, 1.807) is 12.4 Å². The van der Waals surface area contributed by atoms with E-state index >= 15 is 0 Å². The van der Waals surface area contributed by atoms with Crippen molar-refractivity contribution in [2.75, 3.05) is 6.54 Å². The first kappa shape index (κ1) is 17.4. The van der Waals surface area contributed by atoms with E-state index < -0.39 is 5.97 Å². The van der Waals surface area contributed by atoms with Gasteiger partial charge in [-0.05, 0) is 45.6 Å². The van der Waals surface area contributed by atoms with Crippen molar-refractivity contribution >= 4 is 22.9 Å². The molecule has 0 saturated carbocycles. The lowest BCUT2D eigenvalue weighted by molar-refractivity contribution is -0.137. The van der Waals surface area contributed by atoms with Gasteiger partial charge in [0.2, 0.25) is 0 Å². The van der Waals surface area contributed by atoms with Gasteiger partial charge in [0.05, 0.1) is 11.8 Å². The molecule has 3 heterocycles. The minimum atomic E-state index is -0.817. The van der Waals surface area contributed by atoms with Crippen LogP contribution in [0.4, 0.5) is 0 Å². The summed E-state index contributed by atoms with van der Waals surface area (Å²) in [5, 5.41) is 14.1. The van der Waals surface area contributed by atoms with Gasteiger partial charge in [-0.25, -0.2) is 9.67 Å². The van der Waals surface area contributed by atoms with Gasteiger partial charge in [0, 0.05) is 36.6 Å². The Morgan fingerprint density at radius 3 is 2.84 bits per heavy atom. The summed E-state index contributed by atoms with van der Waals surface area (Å²) in [6.07, 6.45) is 6.78. The number of aliphatic carboxylic acids is 1. The van der Waals surface area contributed by atoms with Gasteiger partial charge < -0.3 is 10.0 Å². The number of amides is 1. The average Bonchev–Trinajstić information content (AvgIpc) is 3.03. The highest BCUT2D eigenvalue weighted by Gasteiger charge is 2.28. The number of carboxylic acid groups (broad SMARTS) is 1. The van der Waals surface area contributed by atoms with Crippen LogP contribution in [0, 0.1) is 0 Å². The molecule has 0 bridgehead atoms. The number of rotatable bonds is 5. The molecule has 2 aromatic heterocycles. The normalized spacial score (nSPS) is 18.0. The van der Waals surface area contributed by atoms with Crippen molar-refractivity contribution in [3.63, 3.8) is 0 Å². The third kappa shape index (κ3) is 3.65. The standard InChI is InChI=1S/C18H24N4O3/c1-12(2)22-17-13(11-20-22)9-14(10-19-17)18(25)21-8-4-3-5-15(21)6-7-16(23)24/h9-12,15H,3-8H2,1-2H3,(H,23,24). The summed E-state index contributed by atoms with van der Waals surface area (Å²) in [5.74, 6) is -0.885. The number of carbonyl (C=O) groups excluding carboxylic acids is 1. The lowest BCUT2D eigenvalue weighted by Crippen LogP contribution is -2.44. The van der Waals surface area contributed by atoms with Gasteiger partial charge >= 0.3 is 5.97 Å². The maximum Gasteiger partial charge on any atom is 0.303 e. The molecule has 1 aliphatic rings. The fraction of sp³-hybridized carbons (Fsp3) is 0.556. The lowest BCUT2D eigenvalue weighted by Gasteiger charge is -2.35. The third-order valence-electron chi connectivity index (χ3n) is 4.75. The van der Waals surface area contributed by atoms with Gasteiger partial charge in [-0.15, -0.1) is 0 Å². The molecule has 0 spiro atoms. The van der Waals surface area contributed by atoms with Crippen molar-refractivity contribution in [1.29, 1.82) is 0 Å². The first-order valence-electron chi connectivity index (χ1n) is 8.83. The number of hydrogen-bond donors (Lipinski definition) is 1. The molecule has 25 heavy (non-hydrogen) atoms. The van der Waals surface area contributed by atoms with E-state index in [0.717, 1.165) is 30.3 Å². The molecule has 0 aliphatic carbocycles. The molecule has 7 heteroatoms. The van der Waals surface area contributed by atoms with E-state index in [2.05, 4.69) is 10.1 Å². The first-order valence-corrected chi connectivity index (χ1v) is 8.83. The smallest absolute Gasteiger partial charge is 0.303 e. The zero-order valence-electron chi connectivity index (χ0n) is 14.7. The number of pyridine rings is 1. The Morgan fingerprint density at radius 2 is 2.12 bits per heavy atom. The maximum atomic E-state index is 13.0. The molecule has 1 saturated heterocycles. The zero-order chi connectivity index (χ0) is 18.0. The Hall–Kier alpha value is -2.44. The predicted octanol–water partition coefficient (Wildman–Crippen LogP) is 2.87. The second kappa shape index (κ2) is 7.21. The number of aromatic nitrogens is 3. The highest BCUT2D eigenvalue weighted by molar-refractivity contribution is 5.97.